The van der Waals surface area contributed by atoms with Crippen molar-refractivity contribution in [2.24, 2.45) is 23.0 Å². The van der Waals surface area contributed by atoms with Gasteiger partial charge in [0.15, 0.2) is 0 Å². The highest BCUT2D eigenvalue weighted by molar-refractivity contribution is 5.83. The van der Waals surface area contributed by atoms with E-state index < -0.39 is 0 Å². The lowest BCUT2D eigenvalue weighted by Gasteiger charge is -2.41. The van der Waals surface area contributed by atoms with Gasteiger partial charge in [0.2, 0.25) is 5.91 Å². The first kappa shape index (κ1) is 18.7. The molecule has 1 unspecified atom stereocenters. The number of nitrogens with zero attached hydrogens (tertiary/aromatic N) is 2. The van der Waals surface area contributed by atoms with Gasteiger partial charge in [0.25, 0.3) is 0 Å². The minimum Gasteiger partial charge on any atom is -0.342 e. The molecule has 2 saturated heterocycles. The molecule has 0 aromatic carbocycles. The number of likely N-dealkylation sites (tertiary alicyclic amines) is 2. The number of rotatable bonds is 6. The van der Waals surface area contributed by atoms with Crippen molar-refractivity contribution in [2.75, 3.05) is 39.3 Å². The lowest BCUT2D eigenvalue weighted by atomic mass is 9.80. The second kappa shape index (κ2) is 8.48. The van der Waals surface area contributed by atoms with Gasteiger partial charge in [-0.1, -0.05) is 20.8 Å². The lowest BCUT2D eigenvalue weighted by molar-refractivity contribution is -0.144. The van der Waals surface area contributed by atoms with Crippen LogP contribution in [-0.4, -0.2) is 55.0 Å². The summed E-state index contributed by atoms with van der Waals surface area (Å²) in [5, 5.41) is 0. The molecule has 0 radical (unpaired) electrons. The third-order valence-corrected chi connectivity index (χ3v) is 6.40. The van der Waals surface area contributed by atoms with Crippen LogP contribution < -0.4 is 5.73 Å². The Labute approximate surface area is 142 Å². The van der Waals surface area contributed by atoms with E-state index in [-0.39, 0.29) is 5.41 Å². The molecule has 2 rings (SSSR count). The van der Waals surface area contributed by atoms with Crippen molar-refractivity contribution in [3.05, 3.63) is 0 Å². The first-order chi connectivity index (χ1) is 11.0. The van der Waals surface area contributed by atoms with E-state index in [0.29, 0.717) is 18.4 Å². The zero-order valence-electron chi connectivity index (χ0n) is 15.5. The molecule has 1 amide bonds. The molecule has 2 heterocycles. The summed E-state index contributed by atoms with van der Waals surface area (Å²) in [6.07, 6.45) is 6.78. The molecule has 0 bridgehead atoms. The van der Waals surface area contributed by atoms with Crippen molar-refractivity contribution in [1.82, 2.24) is 9.80 Å². The molecule has 0 aromatic heterocycles. The Morgan fingerprint density at radius 3 is 2.35 bits per heavy atom. The first-order valence-corrected chi connectivity index (χ1v) is 9.76. The predicted molar refractivity (Wildman–Crippen MR) is 96.2 cm³/mol. The van der Waals surface area contributed by atoms with Gasteiger partial charge >= 0.3 is 0 Å². The van der Waals surface area contributed by atoms with E-state index in [2.05, 4.69) is 30.6 Å². The second-order valence-electron chi connectivity index (χ2n) is 7.93. The Morgan fingerprint density at radius 2 is 1.78 bits per heavy atom. The monoisotopic (exact) mass is 323 g/mol. The predicted octanol–water partition coefficient (Wildman–Crippen LogP) is 2.72. The van der Waals surface area contributed by atoms with Crippen LogP contribution in [0, 0.1) is 17.3 Å². The van der Waals surface area contributed by atoms with Gasteiger partial charge in [-0.2, -0.15) is 0 Å². The molecular weight excluding hydrogens is 286 g/mol. The average molecular weight is 324 g/mol. The maximum Gasteiger partial charge on any atom is 0.230 e. The molecule has 2 aliphatic rings. The van der Waals surface area contributed by atoms with E-state index in [9.17, 15) is 4.79 Å². The molecule has 4 heteroatoms. The quantitative estimate of drug-likeness (QED) is 0.817. The van der Waals surface area contributed by atoms with Gasteiger partial charge in [0.1, 0.15) is 0 Å². The van der Waals surface area contributed by atoms with E-state index in [1.807, 2.05) is 0 Å². The topological polar surface area (TPSA) is 49.6 Å². The van der Waals surface area contributed by atoms with Crippen molar-refractivity contribution in [3.63, 3.8) is 0 Å². The zero-order chi connectivity index (χ0) is 16.9. The van der Waals surface area contributed by atoms with Gasteiger partial charge in [0.05, 0.1) is 5.41 Å². The lowest BCUT2D eigenvalue weighted by Crippen LogP contribution is -2.52. The fourth-order valence-electron chi connectivity index (χ4n) is 4.27. The number of carbonyl (C=O) groups excluding carboxylic acids is 1. The van der Waals surface area contributed by atoms with E-state index in [0.717, 1.165) is 38.3 Å². The summed E-state index contributed by atoms with van der Waals surface area (Å²) in [4.78, 5) is 17.8. The smallest absolute Gasteiger partial charge is 0.230 e. The third-order valence-electron chi connectivity index (χ3n) is 6.40. The number of nitrogens with two attached hydrogens (primary N) is 1. The Balaban J connectivity index is 1.91. The molecule has 4 nitrogen and oxygen atoms in total. The number of hydrogen-bond acceptors (Lipinski definition) is 3. The van der Waals surface area contributed by atoms with Crippen LogP contribution in [-0.2, 0) is 4.79 Å². The Kier molecular flexibility index (Phi) is 6.90. The normalized spacial score (nSPS) is 24.9. The summed E-state index contributed by atoms with van der Waals surface area (Å²) < 4.78 is 0. The highest BCUT2D eigenvalue weighted by Crippen LogP contribution is 2.30. The highest BCUT2D eigenvalue weighted by atomic mass is 16.2. The van der Waals surface area contributed by atoms with E-state index in [1.54, 1.807) is 0 Å². The van der Waals surface area contributed by atoms with E-state index in [4.69, 9.17) is 5.73 Å². The fraction of sp³-hybridized carbons (Fsp3) is 0.947. The van der Waals surface area contributed by atoms with Crippen LogP contribution >= 0.6 is 0 Å². The van der Waals surface area contributed by atoms with Crippen molar-refractivity contribution >= 4 is 5.91 Å². The van der Waals surface area contributed by atoms with Crippen molar-refractivity contribution < 1.29 is 4.79 Å². The Morgan fingerprint density at radius 1 is 1.13 bits per heavy atom. The molecule has 0 spiro atoms. The molecule has 134 valence electrons. The molecule has 0 aromatic rings. The molecule has 0 saturated carbocycles. The SMILES string of the molecule is CCC(CC)(CN)C(=O)N1CCCC(CN2CCC(C)CC2)C1. The summed E-state index contributed by atoms with van der Waals surface area (Å²) in [5.74, 6) is 1.84. The number of piperidine rings is 2. The minimum absolute atomic E-state index is 0.307. The van der Waals surface area contributed by atoms with Gasteiger partial charge in [-0.15, -0.1) is 0 Å². The van der Waals surface area contributed by atoms with Crippen LogP contribution in [0.15, 0.2) is 0 Å². The fourth-order valence-corrected chi connectivity index (χ4v) is 4.27. The number of hydrogen-bond donors (Lipinski definition) is 1. The van der Waals surface area contributed by atoms with Crippen molar-refractivity contribution in [1.29, 1.82) is 0 Å². The molecule has 2 N–H and O–H groups in total. The van der Waals surface area contributed by atoms with E-state index >= 15 is 0 Å². The van der Waals surface area contributed by atoms with Crippen LogP contribution in [0.3, 0.4) is 0 Å². The van der Waals surface area contributed by atoms with Gasteiger partial charge in [0, 0.05) is 26.2 Å². The molecule has 23 heavy (non-hydrogen) atoms. The maximum absolute atomic E-state index is 13.0. The summed E-state index contributed by atoms with van der Waals surface area (Å²) in [5.41, 5.74) is 5.65. The molecule has 2 fully saturated rings. The maximum atomic E-state index is 13.0. The zero-order valence-corrected chi connectivity index (χ0v) is 15.5. The summed E-state index contributed by atoms with van der Waals surface area (Å²) >= 11 is 0. The first-order valence-electron chi connectivity index (χ1n) is 9.76. The van der Waals surface area contributed by atoms with Gasteiger partial charge in [-0.05, 0) is 63.5 Å². The highest BCUT2D eigenvalue weighted by Gasteiger charge is 2.38. The minimum atomic E-state index is -0.331. The van der Waals surface area contributed by atoms with E-state index in [1.165, 1.54) is 38.9 Å². The summed E-state index contributed by atoms with van der Waals surface area (Å²) in [6, 6.07) is 0. The Bertz CT molecular complexity index is 365. The van der Waals surface area contributed by atoms with Crippen LogP contribution in [0.4, 0.5) is 0 Å². The molecular formula is C19H37N3O. The largest absolute Gasteiger partial charge is 0.342 e. The van der Waals surface area contributed by atoms with Gasteiger partial charge < -0.3 is 15.5 Å². The van der Waals surface area contributed by atoms with Crippen LogP contribution in [0.25, 0.3) is 0 Å². The average Bonchev–Trinajstić information content (AvgIpc) is 2.59. The Hall–Kier alpha value is -0.610. The molecule has 2 aliphatic heterocycles. The number of amides is 1. The third kappa shape index (κ3) is 4.48. The molecule has 1 atom stereocenters. The van der Waals surface area contributed by atoms with Gasteiger partial charge in [-0.25, -0.2) is 0 Å². The summed E-state index contributed by atoms with van der Waals surface area (Å²) in [7, 11) is 0. The summed E-state index contributed by atoms with van der Waals surface area (Å²) in [6.45, 7) is 12.6. The number of carbonyl (C=O) groups is 1. The van der Waals surface area contributed by atoms with Crippen molar-refractivity contribution in [3.8, 4) is 0 Å². The van der Waals surface area contributed by atoms with Crippen LogP contribution in [0.5, 0.6) is 0 Å². The second-order valence-corrected chi connectivity index (χ2v) is 7.93. The molecule has 0 aliphatic carbocycles. The van der Waals surface area contributed by atoms with Crippen LogP contribution in [0.2, 0.25) is 0 Å². The van der Waals surface area contributed by atoms with Crippen LogP contribution in [0.1, 0.15) is 59.3 Å². The van der Waals surface area contributed by atoms with Crippen molar-refractivity contribution in [2.45, 2.75) is 59.3 Å². The van der Waals surface area contributed by atoms with Gasteiger partial charge in [-0.3, -0.25) is 4.79 Å². The standard InChI is InChI=1S/C19H37N3O/c1-4-19(5-2,15-20)18(23)22-10-6-7-17(14-22)13-21-11-8-16(3)9-12-21/h16-17H,4-15,20H2,1-3H3.